The van der Waals surface area contributed by atoms with Crippen LogP contribution in [0.5, 0.6) is 0 Å². The maximum absolute atomic E-state index is 11.3. The van der Waals surface area contributed by atoms with Crippen molar-refractivity contribution in [2.45, 2.75) is 19.8 Å². The first-order valence-electron chi connectivity index (χ1n) is 4.91. The molecule has 0 saturated heterocycles. The predicted octanol–water partition coefficient (Wildman–Crippen LogP) is -0.778. The third kappa shape index (κ3) is 4.69. The molecular weight excluding hydrogens is 234 g/mol. The second-order valence-electron chi connectivity index (χ2n) is 3.27. The average molecular weight is 249 g/mol. The first-order chi connectivity index (χ1) is 7.53. The van der Waals surface area contributed by atoms with Crippen molar-refractivity contribution in [1.29, 1.82) is 0 Å². The molecule has 8 heteroatoms. The Bertz CT molecular complexity index is 415. The van der Waals surface area contributed by atoms with E-state index in [-0.39, 0.29) is 25.3 Å². The smallest absolute Gasteiger partial charge is 0.223 e. The molecule has 0 unspecified atom stereocenters. The molecule has 1 aromatic heterocycles. The minimum Gasteiger partial charge on any atom is -0.396 e. The monoisotopic (exact) mass is 249 g/mol. The fourth-order valence-electron chi connectivity index (χ4n) is 1.09. The van der Waals surface area contributed by atoms with E-state index in [0.717, 1.165) is 0 Å². The van der Waals surface area contributed by atoms with Gasteiger partial charge in [-0.1, -0.05) is 5.16 Å². The van der Waals surface area contributed by atoms with Crippen molar-refractivity contribution in [2.75, 3.05) is 18.9 Å². The Morgan fingerprint density at radius 2 is 2.25 bits per heavy atom. The molecule has 0 saturated carbocycles. The van der Waals surface area contributed by atoms with Gasteiger partial charge in [0.25, 0.3) is 0 Å². The first kappa shape index (κ1) is 13.1. The lowest BCUT2D eigenvalue weighted by Gasteiger charge is -2.03. The summed E-state index contributed by atoms with van der Waals surface area (Å²) in [6.45, 7) is 1.76. The van der Waals surface area contributed by atoms with E-state index in [4.69, 9.17) is 9.63 Å². The van der Waals surface area contributed by atoms with Gasteiger partial charge in [-0.2, -0.15) is 4.98 Å². The van der Waals surface area contributed by atoms with Crippen LogP contribution in [-0.4, -0.2) is 42.6 Å². The number of aliphatic hydroxyl groups is 1. The van der Waals surface area contributed by atoms with Crippen molar-refractivity contribution in [1.82, 2.24) is 14.9 Å². The van der Waals surface area contributed by atoms with Crippen LogP contribution in [-0.2, 0) is 16.4 Å². The van der Waals surface area contributed by atoms with E-state index in [1.807, 2.05) is 0 Å². The molecule has 0 radical (unpaired) electrons. The Labute approximate surface area is 93.9 Å². The standard InChI is InChI=1S/C8H15N3O4S/c1-7-10-8(11-15-7)3-4-9-16(13,14)6-2-5-12/h9,12H,2-6H2,1H3. The summed E-state index contributed by atoms with van der Waals surface area (Å²) in [5.41, 5.74) is 0. The molecule has 0 bridgehead atoms. The van der Waals surface area contributed by atoms with Gasteiger partial charge >= 0.3 is 0 Å². The van der Waals surface area contributed by atoms with Crippen LogP contribution in [0.25, 0.3) is 0 Å². The molecule has 1 aromatic rings. The summed E-state index contributed by atoms with van der Waals surface area (Å²) in [5.74, 6) is 0.856. The highest BCUT2D eigenvalue weighted by atomic mass is 32.2. The lowest BCUT2D eigenvalue weighted by molar-refractivity contribution is 0.295. The molecule has 2 N–H and O–H groups in total. The van der Waals surface area contributed by atoms with Crippen molar-refractivity contribution in [3.8, 4) is 0 Å². The number of nitrogens with one attached hydrogen (secondary N) is 1. The quantitative estimate of drug-likeness (QED) is 0.657. The van der Waals surface area contributed by atoms with E-state index in [2.05, 4.69) is 14.9 Å². The van der Waals surface area contributed by atoms with E-state index in [9.17, 15) is 8.42 Å². The summed E-state index contributed by atoms with van der Waals surface area (Å²) in [4.78, 5) is 3.94. The number of rotatable bonds is 7. The van der Waals surface area contributed by atoms with Gasteiger partial charge in [0.05, 0.1) is 5.75 Å². The van der Waals surface area contributed by atoms with Crippen LogP contribution in [0.2, 0.25) is 0 Å². The summed E-state index contributed by atoms with van der Waals surface area (Å²) < 4.78 is 29.7. The predicted molar refractivity (Wildman–Crippen MR) is 56.2 cm³/mol. The van der Waals surface area contributed by atoms with Crippen molar-refractivity contribution >= 4 is 10.0 Å². The minimum absolute atomic E-state index is 0.0746. The van der Waals surface area contributed by atoms with Gasteiger partial charge in [0.15, 0.2) is 5.82 Å². The first-order valence-corrected chi connectivity index (χ1v) is 6.56. The third-order valence-corrected chi connectivity index (χ3v) is 3.28. The van der Waals surface area contributed by atoms with Gasteiger partial charge in [-0.25, -0.2) is 13.1 Å². The molecule has 1 rings (SSSR count). The lowest BCUT2D eigenvalue weighted by atomic mass is 10.4. The summed E-state index contributed by atoms with van der Waals surface area (Å²) in [6.07, 6.45) is 0.617. The minimum atomic E-state index is -3.30. The van der Waals surface area contributed by atoms with Crippen molar-refractivity contribution in [3.05, 3.63) is 11.7 Å². The van der Waals surface area contributed by atoms with E-state index in [0.29, 0.717) is 18.1 Å². The van der Waals surface area contributed by atoms with Crippen LogP contribution in [0, 0.1) is 6.92 Å². The van der Waals surface area contributed by atoms with Crippen LogP contribution in [0.4, 0.5) is 0 Å². The van der Waals surface area contributed by atoms with Crippen molar-refractivity contribution in [2.24, 2.45) is 0 Å². The zero-order valence-electron chi connectivity index (χ0n) is 9.01. The normalized spacial score (nSPS) is 11.9. The Morgan fingerprint density at radius 3 is 2.81 bits per heavy atom. The largest absolute Gasteiger partial charge is 0.396 e. The maximum atomic E-state index is 11.3. The SMILES string of the molecule is Cc1nc(CCNS(=O)(=O)CCCO)no1. The zero-order chi connectivity index (χ0) is 12.0. The highest BCUT2D eigenvalue weighted by Gasteiger charge is 2.09. The number of aliphatic hydroxyl groups excluding tert-OH is 1. The Hall–Kier alpha value is -0.990. The van der Waals surface area contributed by atoms with E-state index in [1.54, 1.807) is 6.92 Å². The van der Waals surface area contributed by atoms with Crippen LogP contribution in [0.15, 0.2) is 4.52 Å². The number of aryl methyl sites for hydroxylation is 1. The zero-order valence-corrected chi connectivity index (χ0v) is 9.83. The topological polar surface area (TPSA) is 105 Å². The van der Waals surface area contributed by atoms with Gasteiger partial charge in [-0.15, -0.1) is 0 Å². The van der Waals surface area contributed by atoms with Crippen LogP contribution in [0.3, 0.4) is 0 Å². The maximum Gasteiger partial charge on any atom is 0.223 e. The molecule has 0 aliphatic rings. The molecule has 0 aromatic carbocycles. The Morgan fingerprint density at radius 1 is 1.50 bits per heavy atom. The van der Waals surface area contributed by atoms with Gasteiger partial charge in [0.2, 0.25) is 15.9 Å². The van der Waals surface area contributed by atoms with Gasteiger partial charge in [0, 0.05) is 26.5 Å². The van der Waals surface area contributed by atoms with Crippen LogP contribution >= 0.6 is 0 Å². The molecule has 0 aliphatic heterocycles. The molecular formula is C8H15N3O4S. The highest BCUT2D eigenvalue weighted by Crippen LogP contribution is 1.96. The van der Waals surface area contributed by atoms with Crippen LogP contribution in [0.1, 0.15) is 18.1 Å². The number of nitrogens with zero attached hydrogens (tertiary/aromatic N) is 2. The van der Waals surface area contributed by atoms with E-state index in [1.165, 1.54) is 0 Å². The summed E-state index contributed by atoms with van der Waals surface area (Å²) >= 11 is 0. The van der Waals surface area contributed by atoms with E-state index >= 15 is 0 Å². The molecule has 7 nitrogen and oxygen atoms in total. The van der Waals surface area contributed by atoms with Gasteiger partial charge < -0.3 is 9.63 Å². The number of hydrogen-bond acceptors (Lipinski definition) is 6. The second-order valence-corrected chi connectivity index (χ2v) is 5.20. The average Bonchev–Trinajstić information content (AvgIpc) is 2.61. The molecule has 0 fully saturated rings. The van der Waals surface area contributed by atoms with Gasteiger partial charge in [0.1, 0.15) is 0 Å². The molecule has 0 atom stereocenters. The number of hydrogen-bond donors (Lipinski definition) is 2. The Kier molecular flexibility index (Phi) is 4.84. The second kappa shape index (κ2) is 5.92. The fraction of sp³-hybridized carbons (Fsp3) is 0.750. The van der Waals surface area contributed by atoms with Gasteiger partial charge in [-0.05, 0) is 6.42 Å². The number of sulfonamides is 1. The molecule has 0 spiro atoms. The molecule has 16 heavy (non-hydrogen) atoms. The van der Waals surface area contributed by atoms with Crippen LogP contribution < -0.4 is 4.72 Å². The number of aromatic nitrogens is 2. The summed E-state index contributed by atoms with van der Waals surface area (Å²) in [7, 11) is -3.30. The summed E-state index contributed by atoms with van der Waals surface area (Å²) in [6, 6.07) is 0. The van der Waals surface area contributed by atoms with Crippen molar-refractivity contribution in [3.63, 3.8) is 0 Å². The molecule has 92 valence electrons. The molecule has 1 heterocycles. The lowest BCUT2D eigenvalue weighted by Crippen LogP contribution is -2.28. The summed E-state index contributed by atoms with van der Waals surface area (Å²) in [5, 5.41) is 12.1. The fourth-order valence-corrected chi connectivity index (χ4v) is 2.15. The molecule has 0 amide bonds. The van der Waals surface area contributed by atoms with Crippen molar-refractivity contribution < 1.29 is 18.0 Å². The van der Waals surface area contributed by atoms with Gasteiger partial charge in [-0.3, -0.25) is 0 Å². The molecule has 0 aliphatic carbocycles. The Balaban J connectivity index is 2.29. The van der Waals surface area contributed by atoms with E-state index < -0.39 is 10.0 Å². The third-order valence-electron chi connectivity index (χ3n) is 1.81. The highest BCUT2D eigenvalue weighted by molar-refractivity contribution is 7.89.